The largest absolute Gasteiger partial charge is 0.387 e. The highest BCUT2D eigenvalue weighted by molar-refractivity contribution is 5.76. The van der Waals surface area contributed by atoms with Crippen LogP contribution < -0.4 is 0 Å². The van der Waals surface area contributed by atoms with Crippen molar-refractivity contribution in [1.82, 2.24) is 4.90 Å². The van der Waals surface area contributed by atoms with E-state index in [0.29, 0.717) is 6.54 Å². The van der Waals surface area contributed by atoms with E-state index in [-0.39, 0.29) is 0 Å². The maximum Gasteiger partial charge on any atom is 0.0916 e. The molecule has 0 heterocycles. The first-order valence-electron chi connectivity index (χ1n) is 7.76. The zero-order valence-electron chi connectivity index (χ0n) is 12.8. The highest BCUT2D eigenvalue weighted by Crippen LogP contribution is 2.37. The molecule has 2 nitrogen and oxygen atoms in total. The van der Waals surface area contributed by atoms with Crippen molar-refractivity contribution in [3.63, 3.8) is 0 Å². The lowest BCUT2D eigenvalue weighted by molar-refractivity contribution is 0.127. The molecule has 0 bridgehead atoms. The summed E-state index contributed by atoms with van der Waals surface area (Å²) in [6.45, 7) is 3.88. The quantitative estimate of drug-likeness (QED) is 0.772. The summed E-state index contributed by atoms with van der Waals surface area (Å²) in [6, 6.07) is 15.0. The van der Waals surface area contributed by atoms with Crippen molar-refractivity contribution in [3.05, 3.63) is 59.2 Å². The summed E-state index contributed by atoms with van der Waals surface area (Å²) in [5.41, 5.74) is 6.43. The minimum Gasteiger partial charge on any atom is -0.387 e. The van der Waals surface area contributed by atoms with Gasteiger partial charge in [-0.2, -0.15) is 0 Å². The van der Waals surface area contributed by atoms with Gasteiger partial charge in [-0.05, 0) is 54.3 Å². The predicted molar refractivity (Wildman–Crippen MR) is 87.4 cm³/mol. The number of nitrogens with zero attached hydrogens (tertiary/aromatic N) is 1. The molecule has 1 aliphatic rings. The fourth-order valence-corrected chi connectivity index (χ4v) is 3.25. The van der Waals surface area contributed by atoms with Crippen molar-refractivity contribution in [1.29, 1.82) is 0 Å². The minimum atomic E-state index is -0.407. The van der Waals surface area contributed by atoms with Crippen LogP contribution in [0.5, 0.6) is 0 Å². The Morgan fingerprint density at radius 1 is 1.10 bits per heavy atom. The molecule has 1 N–H and O–H groups in total. The topological polar surface area (TPSA) is 23.5 Å². The Bertz CT molecular complexity index is 635. The monoisotopic (exact) mass is 281 g/mol. The molecule has 0 saturated heterocycles. The van der Waals surface area contributed by atoms with E-state index in [1.807, 2.05) is 0 Å². The number of likely N-dealkylation sites (N-methyl/N-ethyl adjacent to an activating group) is 1. The molecule has 3 rings (SSSR count). The molecule has 21 heavy (non-hydrogen) atoms. The Kier molecular flexibility index (Phi) is 4.09. The fourth-order valence-electron chi connectivity index (χ4n) is 3.25. The molecule has 0 spiro atoms. The number of benzene rings is 2. The van der Waals surface area contributed by atoms with E-state index in [1.54, 1.807) is 0 Å². The average Bonchev–Trinajstić information content (AvgIpc) is 2.85. The van der Waals surface area contributed by atoms with Gasteiger partial charge in [-0.1, -0.05) is 49.4 Å². The molecule has 1 aliphatic carbocycles. The van der Waals surface area contributed by atoms with Crippen LogP contribution in [0.1, 0.15) is 36.1 Å². The summed E-state index contributed by atoms with van der Waals surface area (Å²) in [7, 11) is 2.07. The second-order valence-electron chi connectivity index (χ2n) is 6.03. The van der Waals surface area contributed by atoms with E-state index in [4.69, 9.17) is 0 Å². The summed E-state index contributed by atoms with van der Waals surface area (Å²) >= 11 is 0. The summed E-state index contributed by atoms with van der Waals surface area (Å²) in [5.74, 6) is 0. The third kappa shape index (κ3) is 2.87. The molecule has 110 valence electrons. The van der Waals surface area contributed by atoms with Crippen LogP contribution in [0.3, 0.4) is 0 Å². The van der Waals surface area contributed by atoms with Gasteiger partial charge in [-0.3, -0.25) is 0 Å². The lowest BCUT2D eigenvalue weighted by atomic mass is 10.0. The van der Waals surface area contributed by atoms with Crippen LogP contribution in [-0.2, 0) is 6.42 Å². The number of hydrogen-bond acceptors (Lipinski definition) is 2. The first-order valence-corrected chi connectivity index (χ1v) is 7.76. The summed E-state index contributed by atoms with van der Waals surface area (Å²) in [4.78, 5) is 2.19. The van der Waals surface area contributed by atoms with Gasteiger partial charge in [-0.15, -0.1) is 0 Å². The number of aliphatic hydroxyl groups is 1. The molecular weight excluding hydrogens is 258 g/mol. The number of hydrogen-bond donors (Lipinski definition) is 1. The molecule has 0 fully saturated rings. The Balaban J connectivity index is 1.80. The molecule has 2 heteroatoms. The number of rotatable bonds is 5. The Hall–Kier alpha value is -1.64. The molecule has 1 unspecified atom stereocenters. The van der Waals surface area contributed by atoms with E-state index in [1.165, 1.54) is 22.3 Å². The standard InChI is InChI=1S/C19H23NO/c1-3-10-20(2)13-19(21)15-8-9-18-16(12-15)11-14-6-4-5-7-17(14)18/h4-9,12,19,21H,3,10-11,13H2,1-2H3. The molecular formula is C19H23NO. The third-order valence-corrected chi connectivity index (χ3v) is 4.29. The van der Waals surface area contributed by atoms with Gasteiger partial charge in [-0.25, -0.2) is 0 Å². The van der Waals surface area contributed by atoms with E-state index in [9.17, 15) is 5.11 Å². The van der Waals surface area contributed by atoms with Crippen LogP contribution in [0, 0.1) is 0 Å². The predicted octanol–water partition coefficient (Wildman–Crippen LogP) is 3.63. The Morgan fingerprint density at radius 2 is 1.86 bits per heavy atom. The molecule has 0 saturated carbocycles. The van der Waals surface area contributed by atoms with Gasteiger partial charge in [0.25, 0.3) is 0 Å². The van der Waals surface area contributed by atoms with Crippen LogP contribution in [0.25, 0.3) is 11.1 Å². The molecule has 2 aromatic carbocycles. The van der Waals surface area contributed by atoms with Gasteiger partial charge in [0.2, 0.25) is 0 Å². The second-order valence-corrected chi connectivity index (χ2v) is 6.03. The maximum absolute atomic E-state index is 10.4. The van der Waals surface area contributed by atoms with Crippen LogP contribution in [-0.4, -0.2) is 30.1 Å². The lowest BCUT2D eigenvalue weighted by Gasteiger charge is -2.20. The molecule has 2 aromatic rings. The van der Waals surface area contributed by atoms with Gasteiger partial charge >= 0.3 is 0 Å². The van der Waals surface area contributed by atoms with Gasteiger partial charge in [0.05, 0.1) is 6.10 Å². The van der Waals surface area contributed by atoms with Crippen molar-refractivity contribution < 1.29 is 5.11 Å². The highest BCUT2D eigenvalue weighted by Gasteiger charge is 2.19. The van der Waals surface area contributed by atoms with Crippen molar-refractivity contribution in [2.24, 2.45) is 0 Å². The Labute approximate surface area is 127 Å². The van der Waals surface area contributed by atoms with Gasteiger partial charge in [0.1, 0.15) is 0 Å². The van der Waals surface area contributed by atoms with E-state index >= 15 is 0 Å². The van der Waals surface area contributed by atoms with Crippen LogP contribution >= 0.6 is 0 Å². The summed E-state index contributed by atoms with van der Waals surface area (Å²) in [6.07, 6.45) is 1.69. The fraction of sp³-hybridized carbons (Fsp3) is 0.368. The number of aliphatic hydroxyl groups excluding tert-OH is 1. The van der Waals surface area contributed by atoms with Crippen molar-refractivity contribution >= 4 is 0 Å². The minimum absolute atomic E-state index is 0.407. The van der Waals surface area contributed by atoms with Crippen LogP contribution in [0.2, 0.25) is 0 Å². The maximum atomic E-state index is 10.4. The average molecular weight is 281 g/mol. The van der Waals surface area contributed by atoms with Gasteiger partial charge in [0, 0.05) is 6.54 Å². The molecule has 0 aromatic heterocycles. The first kappa shape index (κ1) is 14.3. The molecule has 0 aliphatic heterocycles. The van der Waals surface area contributed by atoms with Crippen LogP contribution in [0.15, 0.2) is 42.5 Å². The molecule has 1 atom stereocenters. The van der Waals surface area contributed by atoms with Crippen molar-refractivity contribution in [3.8, 4) is 11.1 Å². The molecule has 0 amide bonds. The zero-order chi connectivity index (χ0) is 14.8. The van der Waals surface area contributed by atoms with Crippen molar-refractivity contribution in [2.45, 2.75) is 25.9 Å². The van der Waals surface area contributed by atoms with Crippen molar-refractivity contribution in [2.75, 3.05) is 20.1 Å². The van der Waals surface area contributed by atoms with E-state index in [2.05, 4.69) is 61.3 Å². The lowest BCUT2D eigenvalue weighted by Crippen LogP contribution is -2.25. The zero-order valence-corrected chi connectivity index (χ0v) is 12.8. The van der Waals surface area contributed by atoms with Gasteiger partial charge in [0.15, 0.2) is 0 Å². The summed E-state index contributed by atoms with van der Waals surface area (Å²) < 4.78 is 0. The summed E-state index contributed by atoms with van der Waals surface area (Å²) in [5, 5.41) is 10.4. The smallest absolute Gasteiger partial charge is 0.0916 e. The normalized spacial score (nSPS) is 14.1. The SMILES string of the molecule is CCCN(C)CC(O)c1ccc2c(c1)Cc1ccccc1-2. The van der Waals surface area contributed by atoms with Crippen LogP contribution in [0.4, 0.5) is 0 Å². The second kappa shape index (κ2) is 6.00. The molecule has 0 radical (unpaired) electrons. The van der Waals surface area contributed by atoms with E-state index < -0.39 is 6.10 Å². The van der Waals surface area contributed by atoms with Gasteiger partial charge < -0.3 is 10.0 Å². The Morgan fingerprint density at radius 3 is 2.67 bits per heavy atom. The highest BCUT2D eigenvalue weighted by atomic mass is 16.3. The first-order chi connectivity index (χ1) is 10.2. The number of fused-ring (bicyclic) bond motifs is 3. The third-order valence-electron chi connectivity index (χ3n) is 4.29. The van der Waals surface area contributed by atoms with E-state index in [0.717, 1.165) is 24.9 Å².